The van der Waals surface area contributed by atoms with Crippen LogP contribution in [0.3, 0.4) is 0 Å². The standard InChI is InChI=1S/C55H34N4/c1-3-13-35(14-4-1)43-25-26-45-47(30-43)46(55-57-53(37-16-5-2-6-17-37)56-54(58-55)44-24-23-36-15-7-8-18-38(36)29-44)27-28-50(45)59-51-33-41-21-11-9-19-39(41)31-48(51)49-32-40-20-10-12-22-42(40)34-52(49)59/h1-34H. The van der Waals surface area contributed by atoms with Crippen molar-refractivity contribution in [1.29, 1.82) is 0 Å². The van der Waals surface area contributed by atoms with Crippen LogP contribution in [0.2, 0.25) is 0 Å². The highest BCUT2D eigenvalue weighted by molar-refractivity contribution is 6.18. The van der Waals surface area contributed by atoms with E-state index >= 15 is 0 Å². The SMILES string of the molecule is c1ccc(-c2ccc3c(-n4c5cc6ccccc6cc5c5cc6ccccc6cc54)ccc(-c4nc(-c5ccccc5)nc(-c5ccc6ccccc6c5)n4)c3c2)cc1. The van der Waals surface area contributed by atoms with Gasteiger partial charge in [0.25, 0.3) is 0 Å². The molecule has 4 nitrogen and oxygen atoms in total. The molecule has 0 saturated carbocycles. The summed E-state index contributed by atoms with van der Waals surface area (Å²) in [7, 11) is 0. The summed E-state index contributed by atoms with van der Waals surface area (Å²) in [6.45, 7) is 0. The van der Waals surface area contributed by atoms with E-state index in [-0.39, 0.29) is 0 Å². The Labute approximate surface area is 340 Å². The Bertz CT molecular complexity index is 3510. The third-order valence-corrected chi connectivity index (χ3v) is 11.8. The molecule has 0 bridgehead atoms. The van der Waals surface area contributed by atoms with Gasteiger partial charge in [-0.3, -0.25) is 0 Å². The molecule has 0 unspecified atom stereocenters. The number of fused-ring (bicyclic) bond motifs is 7. The average molecular weight is 751 g/mol. The summed E-state index contributed by atoms with van der Waals surface area (Å²) in [4.78, 5) is 15.6. The van der Waals surface area contributed by atoms with E-state index in [2.05, 4.69) is 193 Å². The van der Waals surface area contributed by atoms with Crippen molar-refractivity contribution in [2.75, 3.05) is 0 Å². The van der Waals surface area contributed by atoms with Crippen LogP contribution in [-0.2, 0) is 0 Å². The zero-order valence-electron chi connectivity index (χ0n) is 31.9. The minimum atomic E-state index is 0.628. The maximum atomic E-state index is 5.29. The van der Waals surface area contributed by atoms with E-state index in [0.29, 0.717) is 17.5 Å². The number of aromatic nitrogens is 4. The van der Waals surface area contributed by atoms with E-state index in [0.717, 1.165) is 49.7 Å². The molecule has 0 fully saturated rings. The lowest BCUT2D eigenvalue weighted by Gasteiger charge is -2.17. The Morgan fingerprint density at radius 3 is 1.39 bits per heavy atom. The highest BCUT2D eigenvalue weighted by atomic mass is 15.0. The normalized spacial score (nSPS) is 11.7. The predicted molar refractivity (Wildman–Crippen MR) is 246 cm³/mol. The lowest BCUT2D eigenvalue weighted by atomic mass is 9.96. The van der Waals surface area contributed by atoms with Crippen LogP contribution in [0, 0.1) is 0 Å². The van der Waals surface area contributed by atoms with E-state index in [4.69, 9.17) is 15.0 Å². The third kappa shape index (κ3) is 5.57. The van der Waals surface area contributed by atoms with Gasteiger partial charge in [-0.05, 0) is 97.4 Å². The number of benzene rings is 10. The first-order valence-electron chi connectivity index (χ1n) is 20.0. The second-order valence-corrected chi connectivity index (χ2v) is 15.3. The smallest absolute Gasteiger partial charge is 0.164 e. The van der Waals surface area contributed by atoms with Crippen molar-refractivity contribution in [2.24, 2.45) is 0 Å². The highest BCUT2D eigenvalue weighted by Crippen LogP contribution is 2.41. The van der Waals surface area contributed by atoms with Crippen molar-refractivity contribution in [1.82, 2.24) is 19.5 Å². The average Bonchev–Trinajstić information content (AvgIpc) is 3.61. The van der Waals surface area contributed by atoms with E-state index in [1.54, 1.807) is 0 Å². The van der Waals surface area contributed by atoms with Gasteiger partial charge < -0.3 is 4.57 Å². The fraction of sp³-hybridized carbons (Fsp3) is 0. The van der Waals surface area contributed by atoms with Crippen molar-refractivity contribution < 1.29 is 0 Å². The summed E-state index contributed by atoms with van der Waals surface area (Å²) in [5.41, 5.74) is 8.54. The lowest BCUT2D eigenvalue weighted by Crippen LogP contribution is -2.02. The summed E-state index contributed by atoms with van der Waals surface area (Å²) in [5.74, 6) is 1.90. The van der Waals surface area contributed by atoms with E-state index < -0.39 is 0 Å². The Hall–Kier alpha value is -7.95. The lowest BCUT2D eigenvalue weighted by molar-refractivity contribution is 1.08. The molecule has 12 aromatic rings. The van der Waals surface area contributed by atoms with Gasteiger partial charge in [-0.1, -0.05) is 158 Å². The van der Waals surface area contributed by atoms with Gasteiger partial charge >= 0.3 is 0 Å². The van der Waals surface area contributed by atoms with E-state index in [9.17, 15) is 0 Å². The molecule has 10 aromatic carbocycles. The first kappa shape index (κ1) is 33.2. The van der Waals surface area contributed by atoms with Crippen molar-refractivity contribution >= 4 is 64.9 Å². The largest absolute Gasteiger partial charge is 0.309 e. The molecule has 2 aromatic heterocycles. The molecule has 0 aliphatic heterocycles. The van der Waals surface area contributed by atoms with Crippen molar-refractivity contribution in [3.63, 3.8) is 0 Å². The second-order valence-electron chi connectivity index (χ2n) is 15.3. The highest BCUT2D eigenvalue weighted by Gasteiger charge is 2.20. The van der Waals surface area contributed by atoms with Crippen LogP contribution >= 0.6 is 0 Å². The Balaban J connectivity index is 1.16. The Morgan fingerprint density at radius 2 is 0.763 bits per heavy atom. The fourth-order valence-electron chi connectivity index (χ4n) is 8.85. The van der Waals surface area contributed by atoms with Gasteiger partial charge in [0.15, 0.2) is 17.5 Å². The summed E-state index contributed by atoms with van der Waals surface area (Å²) in [6.07, 6.45) is 0. The maximum Gasteiger partial charge on any atom is 0.164 e. The molecule has 0 saturated heterocycles. The van der Waals surface area contributed by atoms with Crippen LogP contribution in [0.4, 0.5) is 0 Å². The molecule has 0 radical (unpaired) electrons. The van der Waals surface area contributed by atoms with E-state index in [1.807, 2.05) is 18.2 Å². The molecule has 0 aliphatic rings. The zero-order chi connectivity index (χ0) is 38.9. The van der Waals surface area contributed by atoms with Gasteiger partial charge in [0.05, 0.1) is 16.7 Å². The summed E-state index contributed by atoms with van der Waals surface area (Å²) in [6, 6.07) is 73.6. The minimum absolute atomic E-state index is 0.628. The van der Waals surface area contributed by atoms with Crippen molar-refractivity contribution in [2.45, 2.75) is 0 Å². The molecule has 4 heteroatoms. The van der Waals surface area contributed by atoms with Crippen molar-refractivity contribution in [3.8, 4) is 51.0 Å². The monoisotopic (exact) mass is 750 g/mol. The molecule has 0 N–H and O–H groups in total. The van der Waals surface area contributed by atoms with Gasteiger partial charge in [-0.25, -0.2) is 15.0 Å². The summed E-state index contributed by atoms with van der Waals surface area (Å²) >= 11 is 0. The van der Waals surface area contributed by atoms with Crippen LogP contribution in [0.1, 0.15) is 0 Å². The maximum absolute atomic E-state index is 5.29. The van der Waals surface area contributed by atoms with Crippen molar-refractivity contribution in [3.05, 3.63) is 206 Å². The molecule has 2 heterocycles. The van der Waals surface area contributed by atoms with Gasteiger partial charge in [0, 0.05) is 32.8 Å². The molecule has 0 atom stereocenters. The number of hydrogen-bond donors (Lipinski definition) is 0. The van der Waals surface area contributed by atoms with Crippen LogP contribution in [0.25, 0.3) is 116 Å². The molecule has 12 rings (SSSR count). The second kappa shape index (κ2) is 13.3. The molecular weight excluding hydrogens is 717 g/mol. The zero-order valence-corrected chi connectivity index (χ0v) is 31.9. The first-order chi connectivity index (χ1) is 29.2. The number of nitrogens with zero attached hydrogens (tertiary/aromatic N) is 4. The van der Waals surface area contributed by atoms with Crippen LogP contribution in [0.15, 0.2) is 206 Å². The Morgan fingerprint density at radius 1 is 0.271 bits per heavy atom. The first-order valence-corrected chi connectivity index (χ1v) is 20.0. The fourth-order valence-corrected chi connectivity index (χ4v) is 8.85. The molecule has 0 amide bonds. The van der Waals surface area contributed by atoms with Gasteiger partial charge in [-0.15, -0.1) is 0 Å². The van der Waals surface area contributed by atoms with Crippen LogP contribution in [-0.4, -0.2) is 19.5 Å². The topological polar surface area (TPSA) is 43.6 Å². The minimum Gasteiger partial charge on any atom is -0.309 e. The van der Waals surface area contributed by atoms with E-state index in [1.165, 1.54) is 48.7 Å². The molecule has 59 heavy (non-hydrogen) atoms. The molecule has 0 aliphatic carbocycles. The Kier molecular flexibility index (Phi) is 7.50. The quantitative estimate of drug-likeness (QED) is 0.176. The van der Waals surface area contributed by atoms with Gasteiger partial charge in [-0.2, -0.15) is 0 Å². The summed E-state index contributed by atoms with van der Waals surface area (Å²) in [5, 5.41) is 11.8. The molecule has 0 spiro atoms. The molecule has 274 valence electrons. The van der Waals surface area contributed by atoms with Gasteiger partial charge in [0.1, 0.15) is 0 Å². The van der Waals surface area contributed by atoms with Crippen LogP contribution in [0.5, 0.6) is 0 Å². The number of hydrogen-bond acceptors (Lipinski definition) is 3. The van der Waals surface area contributed by atoms with Gasteiger partial charge in [0.2, 0.25) is 0 Å². The molecular formula is C55H34N4. The van der Waals surface area contributed by atoms with Crippen LogP contribution < -0.4 is 0 Å². The summed E-state index contributed by atoms with van der Waals surface area (Å²) < 4.78 is 2.46. The number of rotatable bonds is 5. The third-order valence-electron chi connectivity index (χ3n) is 11.8. The predicted octanol–water partition coefficient (Wildman–Crippen LogP) is 14.2.